The molecule has 0 aliphatic carbocycles. The SMILES string of the molecule is C=C(N)NCCCC1C(=O)N(C(=O)N2CC(N)C2)C1C(=O)O. The Labute approximate surface area is 127 Å². The second-order valence-electron chi connectivity index (χ2n) is 5.64. The molecule has 0 aromatic heterocycles. The van der Waals surface area contributed by atoms with E-state index in [9.17, 15) is 19.5 Å². The van der Waals surface area contributed by atoms with Crippen molar-refractivity contribution in [2.75, 3.05) is 19.6 Å². The summed E-state index contributed by atoms with van der Waals surface area (Å²) in [5.74, 6) is -1.96. The third-order valence-corrected chi connectivity index (χ3v) is 3.90. The maximum atomic E-state index is 12.1. The second-order valence-corrected chi connectivity index (χ2v) is 5.64. The lowest BCUT2D eigenvalue weighted by molar-refractivity contribution is -0.167. The van der Waals surface area contributed by atoms with Gasteiger partial charge in [-0.3, -0.25) is 4.79 Å². The first-order valence-corrected chi connectivity index (χ1v) is 7.11. The molecular weight excluding hydrogens is 290 g/mol. The van der Waals surface area contributed by atoms with Crippen molar-refractivity contribution in [2.45, 2.75) is 24.9 Å². The zero-order chi connectivity index (χ0) is 16.4. The molecule has 9 nitrogen and oxygen atoms in total. The number of carboxylic acid groups (broad SMARTS) is 1. The van der Waals surface area contributed by atoms with Crippen molar-refractivity contribution in [3.05, 3.63) is 12.4 Å². The zero-order valence-electron chi connectivity index (χ0n) is 12.2. The summed E-state index contributed by atoms with van der Waals surface area (Å²) in [6, 6.07) is -1.77. The van der Waals surface area contributed by atoms with Gasteiger partial charge in [-0.05, 0) is 12.8 Å². The summed E-state index contributed by atoms with van der Waals surface area (Å²) in [6.45, 7) is 4.68. The summed E-state index contributed by atoms with van der Waals surface area (Å²) in [5.41, 5.74) is 10.9. The molecule has 0 saturated carbocycles. The molecule has 0 aromatic rings. The van der Waals surface area contributed by atoms with E-state index < -0.39 is 29.9 Å². The third-order valence-electron chi connectivity index (χ3n) is 3.90. The summed E-state index contributed by atoms with van der Waals surface area (Å²) in [5, 5.41) is 12.1. The van der Waals surface area contributed by atoms with Crippen molar-refractivity contribution in [3.63, 3.8) is 0 Å². The van der Waals surface area contributed by atoms with Crippen LogP contribution in [0.1, 0.15) is 12.8 Å². The number of imide groups is 1. The molecule has 22 heavy (non-hydrogen) atoms. The first kappa shape index (κ1) is 16.1. The lowest BCUT2D eigenvalue weighted by atomic mass is 9.83. The van der Waals surface area contributed by atoms with Crippen LogP contribution in [-0.2, 0) is 9.59 Å². The van der Waals surface area contributed by atoms with Crippen molar-refractivity contribution in [3.8, 4) is 0 Å². The van der Waals surface area contributed by atoms with E-state index >= 15 is 0 Å². The highest BCUT2D eigenvalue weighted by Crippen LogP contribution is 2.32. The lowest BCUT2D eigenvalue weighted by Crippen LogP contribution is -2.71. The van der Waals surface area contributed by atoms with Crippen molar-refractivity contribution in [1.29, 1.82) is 0 Å². The Bertz CT molecular complexity index is 503. The molecule has 2 saturated heterocycles. The highest BCUT2D eigenvalue weighted by molar-refractivity contribution is 6.07. The van der Waals surface area contributed by atoms with Crippen molar-refractivity contribution < 1.29 is 19.5 Å². The molecule has 2 unspecified atom stereocenters. The number of aliphatic carboxylic acids is 1. The van der Waals surface area contributed by atoms with Gasteiger partial charge in [-0.25, -0.2) is 14.5 Å². The van der Waals surface area contributed by atoms with Gasteiger partial charge < -0.3 is 26.8 Å². The van der Waals surface area contributed by atoms with Crippen LogP contribution in [0.2, 0.25) is 0 Å². The Morgan fingerprint density at radius 2 is 2.05 bits per heavy atom. The first-order valence-electron chi connectivity index (χ1n) is 7.11. The maximum Gasteiger partial charge on any atom is 0.327 e. The van der Waals surface area contributed by atoms with Gasteiger partial charge in [-0.15, -0.1) is 0 Å². The lowest BCUT2D eigenvalue weighted by Gasteiger charge is -2.48. The summed E-state index contributed by atoms with van der Waals surface area (Å²) in [7, 11) is 0. The van der Waals surface area contributed by atoms with E-state index in [4.69, 9.17) is 11.5 Å². The topological polar surface area (TPSA) is 142 Å². The van der Waals surface area contributed by atoms with Crippen LogP contribution in [0.15, 0.2) is 12.4 Å². The van der Waals surface area contributed by atoms with E-state index in [-0.39, 0.29) is 6.04 Å². The van der Waals surface area contributed by atoms with Gasteiger partial charge in [0.15, 0.2) is 6.04 Å². The number of nitrogens with zero attached hydrogens (tertiary/aromatic N) is 2. The number of amides is 3. The molecule has 2 heterocycles. The van der Waals surface area contributed by atoms with Gasteiger partial charge >= 0.3 is 12.0 Å². The van der Waals surface area contributed by atoms with Gasteiger partial charge in [0.1, 0.15) is 0 Å². The van der Waals surface area contributed by atoms with E-state index in [0.717, 1.165) is 4.90 Å². The number of hydrogen-bond acceptors (Lipinski definition) is 6. The minimum atomic E-state index is -1.17. The van der Waals surface area contributed by atoms with E-state index in [1.54, 1.807) is 0 Å². The predicted octanol–water partition coefficient (Wildman–Crippen LogP) is -1.54. The largest absolute Gasteiger partial charge is 0.480 e. The Balaban J connectivity index is 1.90. The molecule has 2 atom stereocenters. The Morgan fingerprint density at radius 3 is 2.55 bits per heavy atom. The monoisotopic (exact) mass is 311 g/mol. The molecule has 2 aliphatic rings. The second kappa shape index (κ2) is 6.22. The molecule has 122 valence electrons. The fraction of sp³-hybridized carbons (Fsp3) is 0.615. The summed E-state index contributed by atoms with van der Waals surface area (Å²) >= 11 is 0. The molecule has 2 rings (SSSR count). The minimum Gasteiger partial charge on any atom is -0.480 e. The first-order chi connectivity index (χ1) is 10.3. The molecule has 0 radical (unpaired) electrons. The normalized spacial score (nSPS) is 24.5. The third kappa shape index (κ3) is 2.98. The molecule has 3 amide bonds. The van der Waals surface area contributed by atoms with E-state index in [0.29, 0.717) is 38.3 Å². The van der Waals surface area contributed by atoms with Crippen LogP contribution in [0.5, 0.6) is 0 Å². The Morgan fingerprint density at radius 1 is 1.41 bits per heavy atom. The molecule has 0 bridgehead atoms. The fourth-order valence-corrected chi connectivity index (χ4v) is 2.72. The van der Waals surface area contributed by atoms with Gasteiger partial charge in [0.25, 0.3) is 0 Å². The Hall–Kier alpha value is -2.29. The van der Waals surface area contributed by atoms with Crippen LogP contribution in [0.3, 0.4) is 0 Å². The number of carbonyl (C=O) groups is 3. The quantitative estimate of drug-likeness (QED) is 0.344. The summed E-state index contributed by atoms with van der Waals surface area (Å²) in [4.78, 5) is 37.8. The number of nitrogens with one attached hydrogen (secondary N) is 1. The highest BCUT2D eigenvalue weighted by Gasteiger charge is 2.55. The van der Waals surface area contributed by atoms with Crippen LogP contribution in [0.4, 0.5) is 4.79 Å². The summed E-state index contributed by atoms with van der Waals surface area (Å²) < 4.78 is 0. The smallest absolute Gasteiger partial charge is 0.327 e. The predicted molar refractivity (Wildman–Crippen MR) is 77.3 cm³/mol. The van der Waals surface area contributed by atoms with Crippen LogP contribution in [0.25, 0.3) is 0 Å². The number of rotatable bonds is 6. The van der Waals surface area contributed by atoms with E-state index in [1.807, 2.05) is 0 Å². The number of nitrogens with two attached hydrogens (primary N) is 2. The molecular formula is C13H21N5O4. The summed E-state index contributed by atoms with van der Waals surface area (Å²) in [6.07, 6.45) is 0.937. The fourth-order valence-electron chi connectivity index (χ4n) is 2.72. The number of likely N-dealkylation sites (tertiary alicyclic amines) is 2. The molecule has 2 aliphatic heterocycles. The van der Waals surface area contributed by atoms with Gasteiger partial charge in [0, 0.05) is 25.7 Å². The number of carboxylic acids is 1. The Kier molecular flexibility index (Phi) is 4.55. The van der Waals surface area contributed by atoms with Crippen LogP contribution >= 0.6 is 0 Å². The zero-order valence-corrected chi connectivity index (χ0v) is 12.2. The van der Waals surface area contributed by atoms with Crippen molar-refractivity contribution in [1.82, 2.24) is 15.1 Å². The molecule has 6 N–H and O–H groups in total. The number of urea groups is 1. The number of carbonyl (C=O) groups excluding carboxylic acids is 2. The standard InChI is InChI=1S/C13H21N5O4/c1-7(14)16-4-2-3-9-10(12(20)21)18(11(9)19)13(22)17-5-8(15)6-17/h8-10,16H,1-6,14-15H2,(H,20,21). The van der Waals surface area contributed by atoms with Gasteiger partial charge in [-0.2, -0.15) is 0 Å². The number of hydrogen-bond donors (Lipinski definition) is 4. The van der Waals surface area contributed by atoms with E-state index in [1.165, 1.54) is 4.90 Å². The van der Waals surface area contributed by atoms with Crippen LogP contribution in [-0.4, -0.2) is 64.5 Å². The van der Waals surface area contributed by atoms with E-state index in [2.05, 4.69) is 11.9 Å². The van der Waals surface area contributed by atoms with Gasteiger partial charge in [0.05, 0.1) is 11.7 Å². The molecule has 0 spiro atoms. The molecule has 9 heteroatoms. The van der Waals surface area contributed by atoms with Crippen LogP contribution in [0, 0.1) is 5.92 Å². The van der Waals surface area contributed by atoms with Crippen molar-refractivity contribution >= 4 is 17.9 Å². The number of β-lactam (4-membered cyclic amide) rings is 1. The van der Waals surface area contributed by atoms with Crippen molar-refractivity contribution in [2.24, 2.45) is 17.4 Å². The highest BCUT2D eigenvalue weighted by atomic mass is 16.4. The van der Waals surface area contributed by atoms with Crippen LogP contribution < -0.4 is 16.8 Å². The average molecular weight is 311 g/mol. The average Bonchev–Trinajstić information content (AvgIpc) is 2.39. The maximum absolute atomic E-state index is 12.1. The van der Waals surface area contributed by atoms with Gasteiger partial charge in [-0.1, -0.05) is 6.58 Å². The van der Waals surface area contributed by atoms with Gasteiger partial charge in [0.2, 0.25) is 5.91 Å². The minimum absolute atomic E-state index is 0.102. The molecule has 0 aromatic carbocycles. The molecule has 2 fully saturated rings.